The summed E-state index contributed by atoms with van der Waals surface area (Å²) in [6.45, 7) is 4.40. The third kappa shape index (κ3) is 4.19. The van der Waals surface area contributed by atoms with E-state index in [2.05, 4.69) is 10.3 Å². The van der Waals surface area contributed by atoms with Crippen LogP contribution in [0.25, 0.3) is 0 Å². The maximum Gasteiger partial charge on any atom is 0.230 e. The Hall–Kier alpha value is -1.59. The number of para-hydroxylation sites is 1. The summed E-state index contributed by atoms with van der Waals surface area (Å²) in [4.78, 5) is 16.5. The molecule has 6 heteroatoms. The van der Waals surface area contributed by atoms with Gasteiger partial charge in [0, 0.05) is 5.38 Å². The third-order valence-corrected chi connectivity index (χ3v) is 4.11. The Labute approximate surface area is 133 Å². The van der Waals surface area contributed by atoms with Gasteiger partial charge in [-0.15, -0.1) is 11.3 Å². The number of carbonyl (C=O) groups excluding carboxylic acids is 1. The van der Waals surface area contributed by atoms with E-state index in [1.165, 1.54) is 0 Å². The van der Waals surface area contributed by atoms with Gasteiger partial charge >= 0.3 is 0 Å². The van der Waals surface area contributed by atoms with Crippen LogP contribution in [-0.4, -0.2) is 17.5 Å². The number of carbonyl (C=O) groups is 1. The molecule has 0 aliphatic heterocycles. The van der Waals surface area contributed by atoms with Crippen molar-refractivity contribution in [2.75, 3.05) is 11.9 Å². The van der Waals surface area contributed by atoms with Gasteiger partial charge in [-0.3, -0.25) is 4.79 Å². The van der Waals surface area contributed by atoms with Gasteiger partial charge in [-0.2, -0.15) is 0 Å². The SMILES string of the molecule is CCOc1c(Cl)cccc1NC(=O)Cc1csc(CC)n1. The monoisotopic (exact) mass is 324 g/mol. The van der Waals surface area contributed by atoms with Crippen molar-refractivity contribution in [3.63, 3.8) is 0 Å². The van der Waals surface area contributed by atoms with E-state index in [0.29, 0.717) is 23.1 Å². The summed E-state index contributed by atoms with van der Waals surface area (Å²) in [6, 6.07) is 5.28. The summed E-state index contributed by atoms with van der Waals surface area (Å²) in [5.74, 6) is 0.369. The Balaban J connectivity index is 2.07. The molecule has 2 rings (SSSR count). The number of amides is 1. The van der Waals surface area contributed by atoms with Crippen LogP contribution < -0.4 is 10.1 Å². The molecule has 0 spiro atoms. The highest BCUT2D eigenvalue weighted by atomic mass is 35.5. The van der Waals surface area contributed by atoms with E-state index in [9.17, 15) is 4.79 Å². The second-order valence-corrected chi connectivity index (χ2v) is 5.71. The first-order valence-corrected chi connectivity index (χ1v) is 8.04. The summed E-state index contributed by atoms with van der Waals surface area (Å²) in [7, 11) is 0. The van der Waals surface area contributed by atoms with E-state index in [-0.39, 0.29) is 12.3 Å². The highest BCUT2D eigenvalue weighted by Crippen LogP contribution is 2.32. The lowest BCUT2D eigenvalue weighted by Gasteiger charge is -2.12. The first kappa shape index (κ1) is 15.8. The first-order chi connectivity index (χ1) is 10.1. The number of hydrogen-bond acceptors (Lipinski definition) is 4. The molecule has 112 valence electrons. The van der Waals surface area contributed by atoms with E-state index < -0.39 is 0 Å². The van der Waals surface area contributed by atoms with Crippen molar-refractivity contribution in [3.8, 4) is 5.75 Å². The molecule has 2 aromatic rings. The molecule has 1 aromatic heterocycles. The van der Waals surface area contributed by atoms with Crippen molar-refractivity contribution in [2.45, 2.75) is 26.7 Å². The van der Waals surface area contributed by atoms with Crippen LogP contribution in [0.1, 0.15) is 24.5 Å². The van der Waals surface area contributed by atoms with Crippen molar-refractivity contribution < 1.29 is 9.53 Å². The minimum absolute atomic E-state index is 0.133. The molecule has 1 aromatic carbocycles. The van der Waals surface area contributed by atoms with Gasteiger partial charge in [0.2, 0.25) is 5.91 Å². The highest BCUT2D eigenvalue weighted by Gasteiger charge is 2.12. The molecule has 0 aliphatic carbocycles. The Morgan fingerprint density at radius 1 is 1.43 bits per heavy atom. The topological polar surface area (TPSA) is 51.2 Å². The Bertz CT molecular complexity index is 628. The van der Waals surface area contributed by atoms with Crippen molar-refractivity contribution in [3.05, 3.63) is 39.3 Å². The number of aryl methyl sites for hydroxylation is 1. The zero-order chi connectivity index (χ0) is 15.2. The van der Waals surface area contributed by atoms with Crippen molar-refractivity contribution >= 4 is 34.5 Å². The van der Waals surface area contributed by atoms with Gasteiger partial charge in [0.15, 0.2) is 5.75 Å². The number of ether oxygens (including phenoxy) is 1. The minimum atomic E-state index is -0.133. The second-order valence-electron chi connectivity index (χ2n) is 4.36. The molecule has 1 N–H and O–H groups in total. The molecule has 1 amide bonds. The average Bonchev–Trinajstić information content (AvgIpc) is 2.90. The number of anilines is 1. The first-order valence-electron chi connectivity index (χ1n) is 6.78. The maximum absolute atomic E-state index is 12.1. The molecule has 0 saturated carbocycles. The molecule has 0 fully saturated rings. The zero-order valence-corrected chi connectivity index (χ0v) is 13.6. The number of nitrogens with one attached hydrogen (secondary N) is 1. The largest absolute Gasteiger partial charge is 0.490 e. The lowest BCUT2D eigenvalue weighted by atomic mass is 10.2. The highest BCUT2D eigenvalue weighted by molar-refractivity contribution is 7.09. The Kier molecular flexibility index (Phi) is 5.59. The molecule has 0 saturated heterocycles. The normalized spacial score (nSPS) is 10.4. The van der Waals surface area contributed by atoms with Crippen LogP contribution in [0.2, 0.25) is 5.02 Å². The second kappa shape index (κ2) is 7.43. The van der Waals surface area contributed by atoms with Crippen molar-refractivity contribution in [1.82, 2.24) is 4.98 Å². The molecule has 0 atom stereocenters. The summed E-state index contributed by atoms with van der Waals surface area (Å²) in [6.07, 6.45) is 1.13. The molecule has 1 heterocycles. The van der Waals surface area contributed by atoms with Crippen LogP contribution in [-0.2, 0) is 17.6 Å². The van der Waals surface area contributed by atoms with Crippen molar-refractivity contribution in [1.29, 1.82) is 0 Å². The number of halogens is 1. The average molecular weight is 325 g/mol. The molecule has 0 aliphatic rings. The summed E-state index contributed by atoms with van der Waals surface area (Å²) in [5, 5.41) is 6.27. The fourth-order valence-electron chi connectivity index (χ4n) is 1.85. The van der Waals surface area contributed by atoms with E-state index >= 15 is 0 Å². The summed E-state index contributed by atoms with van der Waals surface area (Å²) >= 11 is 7.66. The number of rotatable bonds is 6. The van der Waals surface area contributed by atoms with Crippen LogP contribution in [0.3, 0.4) is 0 Å². The smallest absolute Gasteiger partial charge is 0.230 e. The molecule has 0 unspecified atom stereocenters. The number of aromatic nitrogens is 1. The van der Waals surface area contributed by atoms with Gasteiger partial charge in [0.05, 0.1) is 34.4 Å². The lowest BCUT2D eigenvalue weighted by Crippen LogP contribution is -2.15. The van der Waals surface area contributed by atoms with E-state index in [4.69, 9.17) is 16.3 Å². The molecular weight excluding hydrogens is 308 g/mol. The summed E-state index contributed by atoms with van der Waals surface area (Å²) < 4.78 is 5.48. The van der Waals surface area contributed by atoms with Gasteiger partial charge in [-0.05, 0) is 25.5 Å². The van der Waals surface area contributed by atoms with Crippen LogP contribution in [0.5, 0.6) is 5.75 Å². The number of nitrogens with zero attached hydrogens (tertiary/aromatic N) is 1. The lowest BCUT2D eigenvalue weighted by molar-refractivity contribution is -0.115. The Morgan fingerprint density at radius 3 is 2.90 bits per heavy atom. The maximum atomic E-state index is 12.1. The quantitative estimate of drug-likeness (QED) is 0.875. The fourth-order valence-corrected chi connectivity index (χ4v) is 2.82. The predicted octanol–water partition coefficient (Wildman–Crippen LogP) is 3.94. The number of benzene rings is 1. The van der Waals surface area contributed by atoms with Gasteiger partial charge in [0.1, 0.15) is 0 Å². The van der Waals surface area contributed by atoms with Crippen LogP contribution in [0.15, 0.2) is 23.6 Å². The van der Waals surface area contributed by atoms with Crippen LogP contribution in [0.4, 0.5) is 5.69 Å². The molecule has 0 bridgehead atoms. The standard InChI is InChI=1S/C15H17ClN2O2S/c1-3-14-17-10(9-21-14)8-13(19)18-12-7-5-6-11(16)15(12)20-4-2/h5-7,9H,3-4,8H2,1-2H3,(H,18,19). The van der Waals surface area contributed by atoms with Crippen LogP contribution in [0, 0.1) is 0 Å². The van der Waals surface area contributed by atoms with E-state index in [1.54, 1.807) is 29.5 Å². The molecular formula is C15H17ClN2O2S. The van der Waals surface area contributed by atoms with Crippen LogP contribution >= 0.6 is 22.9 Å². The number of hydrogen-bond donors (Lipinski definition) is 1. The number of thiazole rings is 1. The fraction of sp³-hybridized carbons (Fsp3) is 0.333. The zero-order valence-electron chi connectivity index (χ0n) is 12.0. The third-order valence-electron chi connectivity index (χ3n) is 2.77. The molecule has 4 nitrogen and oxygen atoms in total. The molecule has 21 heavy (non-hydrogen) atoms. The van der Waals surface area contributed by atoms with Gasteiger partial charge in [-0.1, -0.05) is 24.6 Å². The van der Waals surface area contributed by atoms with Gasteiger partial charge < -0.3 is 10.1 Å². The Morgan fingerprint density at radius 2 is 2.24 bits per heavy atom. The van der Waals surface area contributed by atoms with Crippen molar-refractivity contribution in [2.24, 2.45) is 0 Å². The van der Waals surface area contributed by atoms with E-state index in [0.717, 1.165) is 17.1 Å². The minimum Gasteiger partial charge on any atom is -0.490 e. The van der Waals surface area contributed by atoms with Gasteiger partial charge in [0.25, 0.3) is 0 Å². The van der Waals surface area contributed by atoms with Gasteiger partial charge in [-0.25, -0.2) is 4.98 Å². The predicted molar refractivity (Wildman–Crippen MR) is 86.4 cm³/mol. The van der Waals surface area contributed by atoms with E-state index in [1.807, 2.05) is 19.2 Å². The summed E-state index contributed by atoms with van der Waals surface area (Å²) in [5.41, 5.74) is 1.37. The molecule has 0 radical (unpaired) electrons.